The molecule has 0 spiro atoms. The van der Waals surface area contributed by atoms with Gasteiger partial charge in [-0.25, -0.2) is 0 Å². The molecule has 0 aromatic carbocycles. The van der Waals surface area contributed by atoms with E-state index in [0.717, 1.165) is 58.0 Å². The van der Waals surface area contributed by atoms with E-state index in [-0.39, 0.29) is 113 Å². The zero-order chi connectivity index (χ0) is 76.9. The molecule has 8 unspecified atom stereocenters. The number of likely N-dealkylation sites (N-methyl/N-ethyl adjacent to an activating group) is 2. The van der Waals surface area contributed by atoms with Crippen molar-refractivity contribution >= 4 is 59.4 Å². The smallest absolute Gasteiger partial charge is 0.306 e. The Kier molecular flexibility index (Phi) is 53.9. The highest BCUT2D eigenvalue weighted by atomic mass is 16.5. The third-order valence-electron chi connectivity index (χ3n) is 15.4. The molecule has 0 aromatic heterocycles. The van der Waals surface area contributed by atoms with Crippen molar-refractivity contribution in [3.05, 3.63) is 24.3 Å². The second-order valence-corrected chi connectivity index (χ2v) is 29.3. The lowest BCUT2D eigenvalue weighted by molar-refractivity contribution is -0.142. The minimum atomic E-state index is -0.846. The van der Waals surface area contributed by atoms with Crippen molar-refractivity contribution in [3.8, 4) is 0 Å². The van der Waals surface area contributed by atoms with Crippen LogP contribution in [0, 0.1) is 41.4 Å². The topological polar surface area (TPSA) is 311 Å². The molecule has 0 aromatic rings. The lowest BCUT2D eigenvalue weighted by Gasteiger charge is -2.20. The molecule has 4 fully saturated rings. The van der Waals surface area contributed by atoms with Crippen molar-refractivity contribution < 1.29 is 87.3 Å². The van der Waals surface area contributed by atoms with E-state index in [1.165, 1.54) is 32.6 Å². The van der Waals surface area contributed by atoms with E-state index in [2.05, 4.69) is 27.7 Å². The first-order valence-electron chi connectivity index (χ1n) is 33.7. The summed E-state index contributed by atoms with van der Waals surface area (Å²) in [6.07, 6.45) is 15.4. The number of nitrogens with zero attached hydrogens (tertiary/aromatic N) is 7. The second-order valence-electron chi connectivity index (χ2n) is 29.3. The average Bonchev–Trinajstić information content (AvgIpc) is 1.76. The summed E-state index contributed by atoms with van der Waals surface area (Å²) in [4.78, 5) is 118. The molecule has 0 radical (unpaired) electrons. The number of Topliss-reactive ketones (excluding diaryl/α,β-unsaturated/α-hetero) is 1. The SMILES string of the molecule is CC(/C=C/C(=O)N(C)C)CO.CC(=O)N(C)C.CC(CCC(=O)N(C)C)C(=O)O.CC(CO)CCC(=O)N(C)C.CC1(C)CC(C=O)CO1.CCC(C)=O.CN(C)C(=O)/C=C/C1COC(C)(C)C1.CN(C)C(=O)CC(O)C1COC(C)(C)C1.CN(C)C(=O)CCC1COC(C)(C)C1. The highest BCUT2D eigenvalue weighted by Gasteiger charge is 2.37. The van der Waals surface area contributed by atoms with Gasteiger partial charge >= 0.3 is 5.97 Å². The molecule has 97 heavy (non-hydrogen) atoms. The lowest BCUT2D eigenvalue weighted by atomic mass is 9.92. The fourth-order valence-electron chi connectivity index (χ4n) is 8.32. The van der Waals surface area contributed by atoms with Crippen LogP contribution in [0.2, 0.25) is 0 Å². The van der Waals surface area contributed by atoms with Crippen LogP contribution in [-0.2, 0) is 66.9 Å². The summed E-state index contributed by atoms with van der Waals surface area (Å²) in [6.45, 7) is 29.7. The number of aliphatic hydroxyl groups is 3. The van der Waals surface area contributed by atoms with Crippen molar-refractivity contribution in [1.29, 1.82) is 0 Å². The summed E-state index contributed by atoms with van der Waals surface area (Å²) in [5.41, 5.74) is -0.236. The molecule has 4 heterocycles. The number of hydrogen-bond acceptors (Lipinski definition) is 17. The molecule has 4 rings (SSSR count). The monoisotopic (exact) mass is 1390 g/mol. The fraction of sp³-hybridized carbons (Fsp3) is 0.806. The normalized spacial score (nSPS) is 19.7. The number of carboxylic acids is 1. The van der Waals surface area contributed by atoms with Crippen molar-refractivity contribution in [2.45, 2.75) is 202 Å². The van der Waals surface area contributed by atoms with Crippen LogP contribution in [0.25, 0.3) is 0 Å². The minimum Gasteiger partial charge on any atom is -0.481 e. The second kappa shape index (κ2) is 52.3. The Morgan fingerprint density at radius 1 is 0.505 bits per heavy atom. The summed E-state index contributed by atoms with van der Waals surface area (Å²) >= 11 is 0. The molecule has 4 saturated heterocycles. The van der Waals surface area contributed by atoms with Crippen molar-refractivity contribution in [1.82, 2.24) is 34.3 Å². The number of aliphatic carboxylic acids is 1. The van der Waals surface area contributed by atoms with Crippen LogP contribution in [-0.4, -0.2) is 281 Å². The molecular weight excluding hydrogens is 1250 g/mol. The van der Waals surface area contributed by atoms with E-state index in [1.54, 1.807) is 139 Å². The molecular formula is C72H137N7O18. The van der Waals surface area contributed by atoms with E-state index in [0.29, 0.717) is 57.2 Å². The minimum absolute atomic E-state index is 0.0197. The molecule has 4 aliphatic rings. The third kappa shape index (κ3) is 56.8. The van der Waals surface area contributed by atoms with Crippen molar-refractivity contribution in [2.24, 2.45) is 41.4 Å². The first-order valence-corrected chi connectivity index (χ1v) is 33.7. The van der Waals surface area contributed by atoms with Gasteiger partial charge in [0, 0.05) is 162 Å². The molecule has 568 valence electrons. The summed E-state index contributed by atoms with van der Waals surface area (Å²) in [7, 11) is 24.1. The number of carbonyl (C=O) groups excluding carboxylic acids is 9. The van der Waals surface area contributed by atoms with Crippen molar-refractivity contribution in [3.63, 3.8) is 0 Å². The van der Waals surface area contributed by atoms with Gasteiger partial charge in [-0.05, 0) is 137 Å². The quantitative estimate of drug-likeness (QED) is 0.0654. The number of rotatable bonds is 21. The first kappa shape index (κ1) is 100.0. The van der Waals surface area contributed by atoms with Gasteiger partial charge in [0.05, 0.1) is 67.3 Å². The Hall–Kier alpha value is -5.70. The van der Waals surface area contributed by atoms with Gasteiger partial charge in [0.1, 0.15) is 12.1 Å². The predicted octanol–water partition coefficient (Wildman–Crippen LogP) is 7.15. The maximum atomic E-state index is 11.4. The predicted molar refractivity (Wildman–Crippen MR) is 382 cm³/mol. The molecule has 0 bridgehead atoms. The van der Waals surface area contributed by atoms with Crippen LogP contribution < -0.4 is 0 Å². The van der Waals surface area contributed by atoms with Crippen LogP contribution in [0.1, 0.15) is 174 Å². The Bertz CT molecular complexity index is 2330. The van der Waals surface area contributed by atoms with E-state index < -0.39 is 18.0 Å². The first-order chi connectivity index (χ1) is 44.3. The Balaban J connectivity index is -0.000000332. The van der Waals surface area contributed by atoms with Gasteiger partial charge in [0.15, 0.2) is 0 Å². The Morgan fingerprint density at radius 3 is 1.20 bits per heavy atom. The summed E-state index contributed by atoms with van der Waals surface area (Å²) in [5, 5.41) is 35.7. The number of carboxylic acid groups (broad SMARTS) is 1. The average molecular weight is 1390 g/mol. The van der Waals surface area contributed by atoms with Crippen LogP contribution >= 0.6 is 0 Å². The molecule has 8 atom stereocenters. The number of ketones is 1. The van der Waals surface area contributed by atoms with E-state index >= 15 is 0 Å². The van der Waals surface area contributed by atoms with Crippen LogP contribution in [0.4, 0.5) is 0 Å². The van der Waals surface area contributed by atoms with Crippen LogP contribution in [0.5, 0.6) is 0 Å². The van der Waals surface area contributed by atoms with Gasteiger partial charge in [0.2, 0.25) is 41.4 Å². The van der Waals surface area contributed by atoms with Gasteiger partial charge < -0.3 is 83.3 Å². The molecule has 25 nitrogen and oxygen atoms in total. The summed E-state index contributed by atoms with van der Waals surface area (Å²) < 4.78 is 22.0. The number of ether oxygens (including phenoxy) is 4. The third-order valence-corrected chi connectivity index (χ3v) is 15.4. The van der Waals surface area contributed by atoms with Gasteiger partial charge in [-0.15, -0.1) is 0 Å². The van der Waals surface area contributed by atoms with E-state index in [4.69, 9.17) is 34.3 Å². The molecule has 7 amide bonds. The number of aliphatic hydroxyl groups excluding tert-OH is 3. The number of carbonyl (C=O) groups is 10. The van der Waals surface area contributed by atoms with Gasteiger partial charge in [-0.1, -0.05) is 39.8 Å². The number of amides is 7. The maximum absolute atomic E-state index is 11.4. The highest BCUT2D eigenvalue weighted by Crippen LogP contribution is 2.34. The zero-order valence-electron chi connectivity index (χ0n) is 65.4. The van der Waals surface area contributed by atoms with Crippen LogP contribution in [0.3, 0.4) is 0 Å². The number of aldehydes is 1. The summed E-state index contributed by atoms with van der Waals surface area (Å²) in [5.74, 6) is 0.801. The standard InChI is InChI=1S/C11H21NO3.C11H21NO2.C11H19NO2.C8H15NO3.C8H17NO2.C8H15NO2.C7H12O2.C4H9NO.C4H8O/c1-11(2)6-8(7-15-11)9(13)5-10(14)12(3)4;2*1-11(2)7-9(8-14-11)5-6-10(13)12(3)4;1-6(8(11)12)4-5-7(10)9(2)3;2*1-7(6-10)4-5-8(11)9(2)3;1-7(2)3-6(4-8)5-9-7;1-4(6)5(2)3;1-3-4(2)5/h8-9,13H,5-7H2,1-4H3;9H,5-8H2,1-4H3;5-6,9H,7-8H2,1-4H3;6H,4-5H2,1-3H3,(H,11,12);7,10H,4-6H2,1-3H3;4-5,7,10H,6H2,1-3H3;4,6H,3,5H2,1-2H3;1-3H3;3H2,1-2H3/b;;6-5+;;;5-4+;;;. The Morgan fingerprint density at radius 2 is 0.887 bits per heavy atom. The molecule has 25 heteroatoms. The zero-order valence-corrected chi connectivity index (χ0v) is 65.4. The maximum Gasteiger partial charge on any atom is 0.306 e. The van der Waals surface area contributed by atoms with Crippen molar-refractivity contribution in [2.75, 3.05) is 138 Å². The highest BCUT2D eigenvalue weighted by molar-refractivity contribution is 5.87. The van der Waals surface area contributed by atoms with Gasteiger partial charge in [-0.3, -0.25) is 38.4 Å². The molecule has 4 N–H and O–H groups in total. The lowest BCUT2D eigenvalue weighted by Crippen LogP contribution is -2.31. The van der Waals surface area contributed by atoms with Crippen LogP contribution in [0.15, 0.2) is 24.3 Å². The Labute approximate surface area is 585 Å². The van der Waals surface area contributed by atoms with Gasteiger partial charge in [0.25, 0.3) is 0 Å². The molecule has 0 aliphatic carbocycles. The van der Waals surface area contributed by atoms with E-state index in [1.807, 2.05) is 54.5 Å². The molecule has 0 saturated carbocycles. The fourth-order valence-corrected chi connectivity index (χ4v) is 8.32. The number of hydrogen-bond donors (Lipinski definition) is 4. The summed E-state index contributed by atoms with van der Waals surface area (Å²) in [6, 6.07) is 0. The van der Waals surface area contributed by atoms with Gasteiger partial charge in [-0.2, -0.15) is 0 Å². The molecule has 4 aliphatic heterocycles. The largest absolute Gasteiger partial charge is 0.481 e. The van der Waals surface area contributed by atoms with E-state index in [9.17, 15) is 53.1 Å².